The van der Waals surface area contributed by atoms with Crippen molar-refractivity contribution in [1.29, 1.82) is 0 Å². The maximum atomic E-state index is 10.6. The average molecular weight is 262 g/mol. The Morgan fingerprint density at radius 2 is 2.24 bits per heavy atom. The summed E-state index contributed by atoms with van der Waals surface area (Å²) in [6.45, 7) is 2.39. The molecule has 0 saturated carbocycles. The van der Waals surface area contributed by atoms with Gasteiger partial charge >= 0.3 is 5.97 Å². The third-order valence-corrected chi connectivity index (χ3v) is 3.81. The summed E-state index contributed by atoms with van der Waals surface area (Å²) in [7, 11) is 1.76. The number of aliphatic carboxylic acids is 1. The quantitative estimate of drug-likeness (QED) is 0.620. The Labute approximate surface area is 107 Å². The zero-order valence-corrected chi connectivity index (χ0v) is 11.3. The van der Waals surface area contributed by atoms with E-state index in [4.69, 9.17) is 5.11 Å². The van der Waals surface area contributed by atoms with Crippen LogP contribution in [0.2, 0.25) is 0 Å². The summed E-state index contributed by atoms with van der Waals surface area (Å²) in [5, 5.41) is 18.6. The van der Waals surface area contributed by atoms with Gasteiger partial charge in [-0.3, -0.25) is 14.6 Å². The number of carboxylic acids is 1. The first-order chi connectivity index (χ1) is 8.04. The Bertz CT molecular complexity index is 253. The van der Waals surface area contributed by atoms with E-state index in [-0.39, 0.29) is 12.6 Å². The zero-order chi connectivity index (χ0) is 12.8. The fourth-order valence-electron chi connectivity index (χ4n) is 2.23. The number of rotatable bonds is 7. The summed E-state index contributed by atoms with van der Waals surface area (Å²) in [5.74, 6) is 0.280. The van der Waals surface area contributed by atoms with Crippen molar-refractivity contribution in [2.45, 2.75) is 18.6 Å². The number of nitrogens with zero attached hydrogens (tertiary/aromatic N) is 2. The smallest absolute Gasteiger partial charge is 0.317 e. The van der Waals surface area contributed by atoms with Gasteiger partial charge in [0.2, 0.25) is 0 Å². The molecular formula is C11H22N2O3S. The molecule has 0 unspecified atom stereocenters. The predicted octanol–water partition coefficient (Wildman–Crippen LogP) is -0.199. The summed E-state index contributed by atoms with van der Waals surface area (Å²) >= 11 is 1.82. The molecule has 0 aromatic carbocycles. The molecule has 0 spiro atoms. The van der Waals surface area contributed by atoms with Gasteiger partial charge < -0.3 is 10.2 Å². The standard InChI is InChI=1S/C11H22N2O3S/c1-12(8-11(15)16)9-6-13(7-10(9)14)4-3-5-17-2/h9-10,14H,3-8H2,1-2H3,(H,15,16)/t9-,10+/m0/s1. The van der Waals surface area contributed by atoms with Crippen molar-refractivity contribution >= 4 is 17.7 Å². The first kappa shape index (κ1) is 14.8. The van der Waals surface area contributed by atoms with Gasteiger partial charge in [-0.15, -0.1) is 0 Å². The van der Waals surface area contributed by atoms with Gasteiger partial charge in [-0.1, -0.05) is 0 Å². The van der Waals surface area contributed by atoms with Crippen LogP contribution in [-0.2, 0) is 4.79 Å². The van der Waals surface area contributed by atoms with Crippen LogP contribution in [0.4, 0.5) is 0 Å². The Hall–Kier alpha value is -0.300. The molecule has 1 heterocycles. The highest BCUT2D eigenvalue weighted by atomic mass is 32.2. The molecule has 0 aromatic rings. The maximum Gasteiger partial charge on any atom is 0.317 e. The van der Waals surface area contributed by atoms with Crippen LogP contribution in [-0.4, -0.2) is 83.4 Å². The third kappa shape index (κ3) is 4.83. The van der Waals surface area contributed by atoms with E-state index in [2.05, 4.69) is 11.2 Å². The topological polar surface area (TPSA) is 64.0 Å². The molecule has 5 nitrogen and oxygen atoms in total. The largest absolute Gasteiger partial charge is 0.480 e. The number of aliphatic hydroxyl groups excluding tert-OH is 1. The second kappa shape index (κ2) is 7.20. The molecule has 0 aliphatic carbocycles. The van der Waals surface area contributed by atoms with Crippen LogP contribution in [0.3, 0.4) is 0 Å². The number of carbonyl (C=O) groups is 1. The van der Waals surface area contributed by atoms with Gasteiger partial charge in [0.25, 0.3) is 0 Å². The highest BCUT2D eigenvalue weighted by molar-refractivity contribution is 7.98. The van der Waals surface area contributed by atoms with Crippen molar-refractivity contribution in [3.63, 3.8) is 0 Å². The minimum atomic E-state index is -0.847. The van der Waals surface area contributed by atoms with Crippen molar-refractivity contribution in [3.8, 4) is 0 Å². The SMILES string of the molecule is CSCCCN1C[C@@H](O)[C@@H](N(C)CC(=O)O)C1. The average Bonchev–Trinajstić information content (AvgIpc) is 2.59. The van der Waals surface area contributed by atoms with Gasteiger partial charge in [0.05, 0.1) is 12.6 Å². The Kier molecular flexibility index (Phi) is 6.26. The van der Waals surface area contributed by atoms with Crippen LogP contribution in [0, 0.1) is 0 Å². The molecule has 0 radical (unpaired) electrons. The van der Waals surface area contributed by atoms with Crippen molar-refractivity contribution in [1.82, 2.24) is 9.80 Å². The normalized spacial score (nSPS) is 25.6. The van der Waals surface area contributed by atoms with E-state index in [0.717, 1.165) is 25.3 Å². The molecule has 17 heavy (non-hydrogen) atoms. The molecular weight excluding hydrogens is 240 g/mol. The number of carboxylic acid groups (broad SMARTS) is 1. The van der Waals surface area contributed by atoms with Gasteiger partial charge in [-0.25, -0.2) is 0 Å². The van der Waals surface area contributed by atoms with Crippen molar-refractivity contribution in [3.05, 3.63) is 0 Å². The number of likely N-dealkylation sites (N-methyl/N-ethyl adjacent to an activating group) is 1. The Balaban J connectivity index is 2.35. The fourth-order valence-corrected chi connectivity index (χ4v) is 2.64. The van der Waals surface area contributed by atoms with Crippen LogP contribution in [0.25, 0.3) is 0 Å². The van der Waals surface area contributed by atoms with Crippen LogP contribution >= 0.6 is 11.8 Å². The Morgan fingerprint density at radius 3 is 2.82 bits per heavy atom. The molecule has 1 fully saturated rings. The molecule has 1 aliphatic heterocycles. The van der Waals surface area contributed by atoms with E-state index in [9.17, 15) is 9.90 Å². The van der Waals surface area contributed by atoms with E-state index >= 15 is 0 Å². The fraction of sp³-hybridized carbons (Fsp3) is 0.909. The molecule has 100 valence electrons. The van der Waals surface area contributed by atoms with Crippen molar-refractivity contribution in [2.75, 3.05) is 45.2 Å². The first-order valence-electron chi connectivity index (χ1n) is 5.86. The summed E-state index contributed by atoms with van der Waals surface area (Å²) in [6.07, 6.45) is 2.76. The zero-order valence-electron chi connectivity index (χ0n) is 10.5. The van der Waals surface area contributed by atoms with E-state index < -0.39 is 12.1 Å². The monoisotopic (exact) mass is 262 g/mol. The molecule has 6 heteroatoms. The lowest BCUT2D eigenvalue weighted by atomic mass is 10.2. The lowest BCUT2D eigenvalue weighted by Gasteiger charge is -2.24. The minimum Gasteiger partial charge on any atom is -0.480 e. The highest BCUT2D eigenvalue weighted by Gasteiger charge is 2.34. The lowest BCUT2D eigenvalue weighted by Crippen LogP contribution is -2.43. The summed E-state index contributed by atoms with van der Waals surface area (Å²) in [5.41, 5.74) is 0. The van der Waals surface area contributed by atoms with E-state index in [1.165, 1.54) is 0 Å². The van der Waals surface area contributed by atoms with Gasteiger partial charge in [0, 0.05) is 19.1 Å². The second-order valence-electron chi connectivity index (χ2n) is 4.55. The molecule has 1 aliphatic rings. The number of hydrogen-bond acceptors (Lipinski definition) is 5. The van der Waals surface area contributed by atoms with Gasteiger partial charge in [-0.05, 0) is 32.0 Å². The van der Waals surface area contributed by atoms with Crippen molar-refractivity contribution < 1.29 is 15.0 Å². The molecule has 2 atom stereocenters. The van der Waals surface area contributed by atoms with Crippen molar-refractivity contribution in [2.24, 2.45) is 0 Å². The Morgan fingerprint density at radius 1 is 1.53 bits per heavy atom. The minimum absolute atomic E-state index is 0.0135. The van der Waals surface area contributed by atoms with E-state index in [1.54, 1.807) is 11.9 Å². The molecule has 0 amide bonds. The third-order valence-electron chi connectivity index (χ3n) is 3.11. The predicted molar refractivity (Wildman–Crippen MR) is 69.5 cm³/mol. The molecule has 1 rings (SSSR count). The number of likely N-dealkylation sites (tertiary alicyclic amines) is 1. The van der Waals surface area contributed by atoms with E-state index in [1.807, 2.05) is 11.8 Å². The highest BCUT2D eigenvalue weighted by Crippen LogP contribution is 2.15. The first-order valence-corrected chi connectivity index (χ1v) is 7.25. The number of β-amino-alcohol motifs (C(OH)–C–C–N with tert-alkyl or cyclic N) is 1. The van der Waals surface area contributed by atoms with Crippen LogP contribution in [0.15, 0.2) is 0 Å². The molecule has 0 aromatic heterocycles. The summed E-state index contributed by atoms with van der Waals surface area (Å²) in [6, 6.07) is -0.0552. The molecule has 1 saturated heterocycles. The number of hydrogen-bond donors (Lipinski definition) is 2. The van der Waals surface area contributed by atoms with Crippen LogP contribution < -0.4 is 0 Å². The molecule has 2 N–H and O–H groups in total. The van der Waals surface area contributed by atoms with Gasteiger partial charge in [0.15, 0.2) is 0 Å². The lowest BCUT2D eigenvalue weighted by molar-refractivity contribution is -0.138. The molecule has 0 bridgehead atoms. The summed E-state index contributed by atoms with van der Waals surface area (Å²) < 4.78 is 0. The van der Waals surface area contributed by atoms with E-state index in [0.29, 0.717) is 6.54 Å². The number of aliphatic hydroxyl groups is 1. The van der Waals surface area contributed by atoms with Crippen LogP contribution in [0.1, 0.15) is 6.42 Å². The van der Waals surface area contributed by atoms with Crippen LogP contribution in [0.5, 0.6) is 0 Å². The second-order valence-corrected chi connectivity index (χ2v) is 5.54. The maximum absolute atomic E-state index is 10.6. The van der Waals surface area contributed by atoms with Gasteiger partial charge in [-0.2, -0.15) is 11.8 Å². The summed E-state index contributed by atoms with van der Waals surface area (Å²) in [4.78, 5) is 14.6. The van der Waals surface area contributed by atoms with Gasteiger partial charge in [0.1, 0.15) is 0 Å². The number of thioether (sulfide) groups is 1.